The SMILES string of the molecule is O=[N+]([O-])c1cnc2ccccc2c1SCCO. The van der Waals surface area contributed by atoms with Crippen molar-refractivity contribution in [2.75, 3.05) is 12.4 Å². The summed E-state index contributed by atoms with van der Waals surface area (Å²) in [6, 6.07) is 7.26. The summed E-state index contributed by atoms with van der Waals surface area (Å²) in [5, 5.41) is 20.5. The zero-order valence-corrected chi connectivity index (χ0v) is 9.68. The summed E-state index contributed by atoms with van der Waals surface area (Å²) >= 11 is 1.27. The summed E-state index contributed by atoms with van der Waals surface area (Å²) in [5.74, 6) is 0.425. The molecule has 0 bridgehead atoms. The standard InChI is InChI=1S/C11H10N2O3S/c14-5-6-17-11-8-3-1-2-4-9(8)12-7-10(11)13(15)16/h1-4,7,14H,5-6H2. The highest BCUT2D eigenvalue weighted by Crippen LogP contribution is 2.34. The second kappa shape index (κ2) is 5.11. The summed E-state index contributed by atoms with van der Waals surface area (Å²) in [7, 11) is 0. The molecule has 1 N–H and O–H groups in total. The normalized spacial score (nSPS) is 10.6. The number of aliphatic hydroxyl groups excluding tert-OH is 1. The van der Waals surface area contributed by atoms with E-state index in [1.165, 1.54) is 18.0 Å². The van der Waals surface area contributed by atoms with Crippen molar-refractivity contribution in [1.29, 1.82) is 0 Å². The van der Waals surface area contributed by atoms with Crippen LogP contribution >= 0.6 is 11.8 Å². The van der Waals surface area contributed by atoms with Gasteiger partial charge in [0.25, 0.3) is 0 Å². The van der Waals surface area contributed by atoms with E-state index in [0.29, 0.717) is 10.6 Å². The minimum Gasteiger partial charge on any atom is -0.396 e. The van der Waals surface area contributed by atoms with Gasteiger partial charge in [0, 0.05) is 11.1 Å². The number of pyridine rings is 1. The Morgan fingerprint density at radius 3 is 2.88 bits per heavy atom. The van der Waals surface area contributed by atoms with Crippen molar-refractivity contribution in [3.05, 3.63) is 40.6 Å². The molecule has 1 aromatic heterocycles. The number of nitro groups is 1. The van der Waals surface area contributed by atoms with Crippen LogP contribution in [0.2, 0.25) is 0 Å². The van der Waals surface area contributed by atoms with Crippen LogP contribution in [0.25, 0.3) is 10.9 Å². The molecule has 0 spiro atoms. The molecule has 0 unspecified atom stereocenters. The van der Waals surface area contributed by atoms with E-state index < -0.39 is 4.92 Å². The Morgan fingerprint density at radius 1 is 1.41 bits per heavy atom. The molecule has 0 aliphatic heterocycles. The minimum absolute atomic E-state index is 0.0119. The van der Waals surface area contributed by atoms with Gasteiger partial charge in [-0.1, -0.05) is 18.2 Å². The number of hydrogen-bond donors (Lipinski definition) is 1. The second-order valence-corrected chi connectivity index (χ2v) is 4.42. The summed E-state index contributed by atoms with van der Waals surface area (Å²) in [5.41, 5.74) is 0.709. The highest BCUT2D eigenvalue weighted by atomic mass is 32.2. The molecule has 0 fully saturated rings. The molecule has 0 saturated carbocycles. The van der Waals surface area contributed by atoms with Crippen molar-refractivity contribution in [3.8, 4) is 0 Å². The molecule has 5 nitrogen and oxygen atoms in total. The van der Waals surface area contributed by atoms with E-state index >= 15 is 0 Å². The van der Waals surface area contributed by atoms with Gasteiger partial charge in [0.15, 0.2) is 0 Å². The number of aliphatic hydroxyl groups is 1. The summed E-state index contributed by atoms with van der Waals surface area (Å²) < 4.78 is 0. The van der Waals surface area contributed by atoms with Crippen LogP contribution in [-0.2, 0) is 0 Å². The smallest absolute Gasteiger partial charge is 0.301 e. The third kappa shape index (κ3) is 2.37. The number of aromatic nitrogens is 1. The zero-order valence-electron chi connectivity index (χ0n) is 8.87. The second-order valence-electron chi connectivity index (χ2n) is 3.32. The van der Waals surface area contributed by atoms with Gasteiger partial charge in [0.2, 0.25) is 0 Å². The molecular weight excluding hydrogens is 240 g/mol. The number of hydrogen-bond acceptors (Lipinski definition) is 5. The summed E-state index contributed by atoms with van der Waals surface area (Å²) in [6.07, 6.45) is 1.27. The number of benzene rings is 1. The number of fused-ring (bicyclic) bond motifs is 1. The lowest BCUT2D eigenvalue weighted by Crippen LogP contribution is -1.95. The largest absolute Gasteiger partial charge is 0.396 e. The number of rotatable bonds is 4. The number of nitrogens with zero attached hydrogens (tertiary/aromatic N) is 2. The average Bonchev–Trinajstić information content (AvgIpc) is 2.35. The fourth-order valence-corrected chi connectivity index (χ4v) is 2.43. The fraction of sp³-hybridized carbons (Fsp3) is 0.182. The van der Waals surface area contributed by atoms with Gasteiger partial charge in [-0.25, -0.2) is 4.98 Å². The van der Waals surface area contributed by atoms with E-state index in [4.69, 9.17) is 5.11 Å². The average molecular weight is 250 g/mol. The van der Waals surface area contributed by atoms with Crippen LogP contribution < -0.4 is 0 Å². The first-order chi connectivity index (χ1) is 8.24. The molecule has 0 radical (unpaired) electrons. The first kappa shape index (κ1) is 11.8. The predicted molar refractivity (Wildman–Crippen MR) is 66.2 cm³/mol. The Kier molecular flexibility index (Phi) is 3.55. The molecule has 88 valence electrons. The van der Waals surface area contributed by atoms with Crippen LogP contribution in [0.4, 0.5) is 5.69 Å². The molecular formula is C11H10N2O3S. The van der Waals surface area contributed by atoms with Crippen molar-refractivity contribution in [1.82, 2.24) is 4.98 Å². The van der Waals surface area contributed by atoms with E-state index in [1.54, 1.807) is 6.07 Å². The minimum atomic E-state index is -0.445. The predicted octanol–water partition coefficient (Wildman–Crippen LogP) is 2.23. The highest BCUT2D eigenvalue weighted by molar-refractivity contribution is 7.99. The van der Waals surface area contributed by atoms with E-state index in [1.807, 2.05) is 18.2 Å². The molecule has 1 aromatic carbocycles. The highest BCUT2D eigenvalue weighted by Gasteiger charge is 2.17. The Hall–Kier alpha value is -1.66. The maximum atomic E-state index is 10.9. The monoisotopic (exact) mass is 250 g/mol. The zero-order chi connectivity index (χ0) is 12.3. The van der Waals surface area contributed by atoms with Gasteiger partial charge >= 0.3 is 5.69 Å². The van der Waals surface area contributed by atoms with Crippen molar-refractivity contribution in [2.45, 2.75) is 4.90 Å². The van der Waals surface area contributed by atoms with Gasteiger partial charge in [0.05, 0.1) is 21.9 Å². The maximum absolute atomic E-state index is 10.9. The lowest BCUT2D eigenvalue weighted by Gasteiger charge is -2.05. The quantitative estimate of drug-likeness (QED) is 0.511. The van der Waals surface area contributed by atoms with Gasteiger partial charge in [0.1, 0.15) is 6.20 Å². The van der Waals surface area contributed by atoms with Crippen LogP contribution in [0.1, 0.15) is 0 Å². The first-order valence-electron chi connectivity index (χ1n) is 5.00. The molecule has 1 heterocycles. The van der Waals surface area contributed by atoms with Crippen LogP contribution in [0.15, 0.2) is 35.4 Å². The molecule has 0 aliphatic carbocycles. The lowest BCUT2D eigenvalue weighted by atomic mass is 10.2. The fourth-order valence-electron chi connectivity index (χ4n) is 1.53. The third-order valence-electron chi connectivity index (χ3n) is 2.24. The Morgan fingerprint density at radius 2 is 2.18 bits per heavy atom. The molecule has 0 saturated heterocycles. The van der Waals surface area contributed by atoms with E-state index in [9.17, 15) is 10.1 Å². The summed E-state index contributed by atoms with van der Waals surface area (Å²) in [6.45, 7) is -0.0154. The van der Waals surface area contributed by atoms with Crippen LogP contribution in [0, 0.1) is 10.1 Å². The molecule has 0 aliphatic rings. The van der Waals surface area contributed by atoms with Gasteiger partial charge in [-0.15, -0.1) is 11.8 Å². The summed E-state index contributed by atoms with van der Waals surface area (Å²) in [4.78, 5) is 15.1. The number of thioether (sulfide) groups is 1. The maximum Gasteiger partial charge on any atom is 0.301 e. The van der Waals surface area contributed by atoms with Crippen LogP contribution in [0.5, 0.6) is 0 Å². The first-order valence-corrected chi connectivity index (χ1v) is 5.98. The van der Waals surface area contributed by atoms with Gasteiger partial charge in [-0.2, -0.15) is 0 Å². The van der Waals surface area contributed by atoms with E-state index in [2.05, 4.69) is 4.98 Å². The Labute approximate surface area is 102 Å². The van der Waals surface area contributed by atoms with Gasteiger partial charge in [-0.3, -0.25) is 10.1 Å². The van der Waals surface area contributed by atoms with Crippen molar-refractivity contribution < 1.29 is 10.0 Å². The lowest BCUT2D eigenvalue weighted by molar-refractivity contribution is -0.387. The van der Waals surface area contributed by atoms with Crippen molar-refractivity contribution >= 4 is 28.4 Å². The molecule has 0 atom stereocenters. The van der Waals surface area contributed by atoms with E-state index in [0.717, 1.165) is 10.9 Å². The molecule has 0 amide bonds. The molecule has 2 rings (SSSR count). The van der Waals surface area contributed by atoms with Crippen LogP contribution in [0.3, 0.4) is 0 Å². The molecule has 2 aromatic rings. The third-order valence-corrected chi connectivity index (χ3v) is 3.35. The van der Waals surface area contributed by atoms with Crippen LogP contribution in [-0.4, -0.2) is 27.4 Å². The van der Waals surface area contributed by atoms with Crippen molar-refractivity contribution in [3.63, 3.8) is 0 Å². The molecule has 6 heteroatoms. The van der Waals surface area contributed by atoms with Gasteiger partial charge < -0.3 is 5.11 Å². The Balaban J connectivity index is 2.61. The molecule has 17 heavy (non-hydrogen) atoms. The van der Waals surface area contributed by atoms with E-state index in [-0.39, 0.29) is 12.3 Å². The topological polar surface area (TPSA) is 76.3 Å². The van der Waals surface area contributed by atoms with Crippen molar-refractivity contribution in [2.24, 2.45) is 0 Å². The number of para-hydroxylation sites is 1. The Bertz CT molecular complexity index is 559. The van der Waals surface area contributed by atoms with Gasteiger partial charge in [-0.05, 0) is 6.07 Å².